The van der Waals surface area contributed by atoms with Crippen LogP contribution in [0.4, 0.5) is 0 Å². The van der Waals surface area contributed by atoms with Crippen molar-refractivity contribution in [1.82, 2.24) is 35.4 Å². The van der Waals surface area contributed by atoms with Gasteiger partial charge in [0.2, 0.25) is 0 Å². The average Bonchev–Trinajstić information content (AvgIpc) is 3.49. The molecule has 0 aliphatic heterocycles. The first-order valence-corrected chi connectivity index (χ1v) is 11.3. The zero-order chi connectivity index (χ0) is 22.2. The number of rotatable bonds is 11. The third kappa shape index (κ3) is 5.19. The highest BCUT2D eigenvalue weighted by atomic mass is 16.5. The molecule has 0 aliphatic rings. The van der Waals surface area contributed by atoms with Crippen molar-refractivity contribution < 1.29 is 4.74 Å². The van der Waals surface area contributed by atoms with Crippen molar-refractivity contribution in [2.75, 3.05) is 6.61 Å². The minimum atomic E-state index is 0.476. The fraction of sp³-hybridized carbons (Fsp3) is 0.375. The Bertz CT molecular complexity index is 1100. The molecule has 0 atom stereocenters. The molecule has 0 saturated heterocycles. The number of aromatic amines is 1. The van der Waals surface area contributed by atoms with Gasteiger partial charge < -0.3 is 4.74 Å². The average molecular weight is 432 g/mol. The number of aromatic nitrogens is 7. The molecule has 0 saturated carbocycles. The Balaban J connectivity index is 1.54. The summed E-state index contributed by atoms with van der Waals surface area (Å²) in [6.45, 7) is 5.59. The third-order valence-corrected chi connectivity index (χ3v) is 5.29. The number of tetrazole rings is 1. The molecule has 4 aromatic rings. The maximum absolute atomic E-state index is 5.68. The minimum Gasteiger partial charge on any atom is -0.462 e. The van der Waals surface area contributed by atoms with E-state index in [1.807, 2.05) is 22.9 Å². The van der Waals surface area contributed by atoms with Crippen LogP contribution in [-0.2, 0) is 13.0 Å². The first-order valence-electron chi connectivity index (χ1n) is 11.3. The highest BCUT2D eigenvalue weighted by molar-refractivity contribution is 5.80. The molecule has 0 aliphatic carbocycles. The summed E-state index contributed by atoms with van der Waals surface area (Å²) in [4.78, 5) is 4.63. The van der Waals surface area contributed by atoms with Gasteiger partial charge in [-0.15, -0.1) is 10.2 Å². The van der Waals surface area contributed by atoms with Crippen molar-refractivity contribution in [3.8, 4) is 28.5 Å². The Kier molecular flexibility index (Phi) is 7.22. The lowest BCUT2D eigenvalue weighted by Crippen LogP contribution is -2.07. The molecule has 0 radical (unpaired) electrons. The number of nitrogens with zero attached hydrogens (tertiary/aromatic N) is 6. The highest BCUT2D eigenvalue weighted by Gasteiger charge is 2.13. The van der Waals surface area contributed by atoms with E-state index in [-0.39, 0.29) is 0 Å². The largest absolute Gasteiger partial charge is 0.462 e. The highest BCUT2D eigenvalue weighted by Crippen LogP contribution is 2.29. The van der Waals surface area contributed by atoms with Crippen LogP contribution in [0.3, 0.4) is 0 Å². The second-order valence-electron chi connectivity index (χ2n) is 7.77. The number of ether oxygens (including phenoxy) is 1. The smallest absolute Gasteiger partial charge is 0.335 e. The SMILES string of the molecule is CCCCCc1nc(OCCC)nn1Cc1ccc(-c2ccccc2-c2nnn[nH]2)cc1. The van der Waals surface area contributed by atoms with Crippen molar-refractivity contribution in [2.45, 2.75) is 52.5 Å². The topological polar surface area (TPSA) is 94.4 Å². The van der Waals surface area contributed by atoms with Gasteiger partial charge in [0.15, 0.2) is 5.82 Å². The summed E-state index contributed by atoms with van der Waals surface area (Å²) in [5.41, 5.74) is 4.32. The molecule has 8 heteroatoms. The van der Waals surface area contributed by atoms with Crippen LogP contribution < -0.4 is 4.74 Å². The fourth-order valence-electron chi connectivity index (χ4n) is 3.63. The summed E-state index contributed by atoms with van der Waals surface area (Å²) in [5, 5.41) is 18.9. The van der Waals surface area contributed by atoms with Gasteiger partial charge in [0.25, 0.3) is 0 Å². The molecular weight excluding hydrogens is 402 g/mol. The van der Waals surface area contributed by atoms with Crippen LogP contribution >= 0.6 is 0 Å². The van der Waals surface area contributed by atoms with E-state index in [1.165, 1.54) is 12.8 Å². The van der Waals surface area contributed by atoms with Crippen molar-refractivity contribution in [2.24, 2.45) is 0 Å². The Morgan fingerprint density at radius 2 is 1.75 bits per heavy atom. The van der Waals surface area contributed by atoms with Crippen molar-refractivity contribution in [1.29, 1.82) is 0 Å². The number of unbranched alkanes of at least 4 members (excludes halogenated alkanes) is 2. The van der Waals surface area contributed by atoms with Gasteiger partial charge in [-0.25, -0.2) is 9.78 Å². The van der Waals surface area contributed by atoms with E-state index in [2.05, 4.69) is 74.9 Å². The summed E-state index contributed by atoms with van der Waals surface area (Å²) in [7, 11) is 0. The number of aryl methyl sites for hydroxylation is 1. The zero-order valence-electron chi connectivity index (χ0n) is 18.7. The first kappa shape index (κ1) is 21.7. The molecule has 8 nitrogen and oxygen atoms in total. The summed E-state index contributed by atoms with van der Waals surface area (Å²) in [6.07, 6.45) is 5.32. The van der Waals surface area contributed by atoms with Gasteiger partial charge in [-0.2, -0.15) is 4.98 Å². The Morgan fingerprint density at radius 1 is 0.938 bits per heavy atom. The molecule has 166 valence electrons. The summed E-state index contributed by atoms with van der Waals surface area (Å²) in [6, 6.07) is 17.1. The number of hydrogen-bond acceptors (Lipinski definition) is 6. The van der Waals surface area contributed by atoms with Crippen LogP contribution in [-0.4, -0.2) is 42.0 Å². The Morgan fingerprint density at radius 3 is 2.47 bits per heavy atom. The van der Waals surface area contributed by atoms with Crippen molar-refractivity contribution in [3.63, 3.8) is 0 Å². The molecule has 0 fully saturated rings. The molecule has 0 amide bonds. The monoisotopic (exact) mass is 431 g/mol. The van der Waals surface area contributed by atoms with Gasteiger partial charge in [-0.05, 0) is 40.0 Å². The van der Waals surface area contributed by atoms with Gasteiger partial charge in [0.05, 0.1) is 13.2 Å². The van der Waals surface area contributed by atoms with E-state index in [0.717, 1.165) is 47.3 Å². The zero-order valence-corrected chi connectivity index (χ0v) is 18.7. The van der Waals surface area contributed by atoms with Crippen LogP contribution in [0.25, 0.3) is 22.5 Å². The normalized spacial score (nSPS) is 11.1. The van der Waals surface area contributed by atoms with Crippen LogP contribution in [0.2, 0.25) is 0 Å². The molecule has 2 aromatic heterocycles. The first-order chi connectivity index (χ1) is 15.8. The van der Waals surface area contributed by atoms with E-state index in [0.29, 0.717) is 25.0 Å². The molecule has 0 bridgehead atoms. The lowest BCUT2D eigenvalue weighted by Gasteiger charge is -2.09. The molecule has 2 aromatic carbocycles. The molecule has 1 N–H and O–H groups in total. The van der Waals surface area contributed by atoms with Crippen molar-refractivity contribution >= 4 is 0 Å². The number of benzene rings is 2. The molecule has 32 heavy (non-hydrogen) atoms. The molecule has 0 unspecified atom stereocenters. The predicted molar refractivity (Wildman–Crippen MR) is 123 cm³/mol. The number of H-pyrrole nitrogens is 1. The number of hydrogen-bond donors (Lipinski definition) is 1. The molecule has 2 heterocycles. The van der Waals surface area contributed by atoms with Gasteiger partial charge in [-0.3, -0.25) is 0 Å². The fourth-order valence-corrected chi connectivity index (χ4v) is 3.63. The van der Waals surface area contributed by atoms with Crippen LogP contribution in [0.5, 0.6) is 6.01 Å². The lowest BCUT2D eigenvalue weighted by molar-refractivity contribution is 0.291. The quantitative estimate of drug-likeness (QED) is 0.346. The number of nitrogens with one attached hydrogen (secondary N) is 1. The molecular formula is C24H29N7O. The standard InChI is InChI=1S/C24H29N7O/c1-3-5-6-11-22-25-24(32-16-4-2)28-31(22)17-18-12-14-19(15-13-18)20-9-7-8-10-21(20)23-26-29-30-27-23/h7-10,12-15H,3-6,11,16-17H2,1-2H3,(H,26,27,29,30). The van der Waals surface area contributed by atoms with Gasteiger partial charge in [0, 0.05) is 12.0 Å². The van der Waals surface area contributed by atoms with E-state index >= 15 is 0 Å². The third-order valence-electron chi connectivity index (χ3n) is 5.29. The minimum absolute atomic E-state index is 0.476. The van der Waals surface area contributed by atoms with E-state index in [9.17, 15) is 0 Å². The van der Waals surface area contributed by atoms with E-state index < -0.39 is 0 Å². The lowest BCUT2D eigenvalue weighted by atomic mass is 9.98. The Labute approximate surface area is 188 Å². The summed E-state index contributed by atoms with van der Waals surface area (Å²) >= 11 is 0. The second kappa shape index (κ2) is 10.7. The van der Waals surface area contributed by atoms with Crippen LogP contribution in [0, 0.1) is 0 Å². The molecule has 0 spiro atoms. The van der Waals surface area contributed by atoms with Gasteiger partial charge >= 0.3 is 6.01 Å². The summed E-state index contributed by atoms with van der Waals surface area (Å²) in [5.74, 6) is 1.64. The van der Waals surface area contributed by atoms with E-state index in [4.69, 9.17) is 4.74 Å². The second-order valence-corrected chi connectivity index (χ2v) is 7.77. The molecule has 4 rings (SSSR count). The summed E-state index contributed by atoms with van der Waals surface area (Å²) < 4.78 is 7.66. The van der Waals surface area contributed by atoms with Crippen LogP contribution in [0.15, 0.2) is 48.5 Å². The van der Waals surface area contributed by atoms with Gasteiger partial charge in [0.1, 0.15) is 5.82 Å². The van der Waals surface area contributed by atoms with Gasteiger partial charge in [-0.1, -0.05) is 75.2 Å². The van der Waals surface area contributed by atoms with E-state index in [1.54, 1.807) is 0 Å². The van der Waals surface area contributed by atoms with Crippen molar-refractivity contribution in [3.05, 3.63) is 59.9 Å². The van der Waals surface area contributed by atoms with Crippen LogP contribution in [0.1, 0.15) is 50.9 Å². The predicted octanol–water partition coefficient (Wildman–Crippen LogP) is 4.70. The maximum Gasteiger partial charge on any atom is 0.335 e. The maximum atomic E-state index is 5.68. The Hall–Kier alpha value is -3.55.